The largest absolute Gasteiger partial charge is 0.494 e. The first-order valence-corrected chi connectivity index (χ1v) is 11.0. The maximum atomic E-state index is 13.5. The molecule has 3 rings (SSSR count). The van der Waals surface area contributed by atoms with Crippen LogP contribution >= 0.6 is 0 Å². The van der Waals surface area contributed by atoms with Crippen molar-refractivity contribution in [3.8, 4) is 5.75 Å². The number of imide groups is 1. The van der Waals surface area contributed by atoms with E-state index in [0.29, 0.717) is 43.2 Å². The molecule has 0 radical (unpaired) electrons. The fourth-order valence-corrected chi connectivity index (χ4v) is 3.43. The summed E-state index contributed by atoms with van der Waals surface area (Å²) in [7, 11) is 0. The number of anilines is 1. The topological polar surface area (TPSA) is 67.9 Å². The van der Waals surface area contributed by atoms with Crippen molar-refractivity contribution in [2.45, 2.75) is 33.1 Å². The molecule has 6 nitrogen and oxygen atoms in total. The molecular weight excluding hydrogens is 411 g/mol. The van der Waals surface area contributed by atoms with E-state index in [-0.39, 0.29) is 17.8 Å². The van der Waals surface area contributed by atoms with Crippen molar-refractivity contribution in [2.24, 2.45) is 0 Å². The van der Waals surface area contributed by atoms with Gasteiger partial charge in [0.2, 0.25) is 0 Å². The lowest BCUT2D eigenvalue weighted by Crippen LogP contribution is -2.34. The van der Waals surface area contributed by atoms with Crippen LogP contribution < -0.4 is 10.1 Å². The summed E-state index contributed by atoms with van der Waals surface area (Å²) in [5.74, 6) is -0.575. The zero-order chi connectivity index (χ0) is 22.9. The van der Waals surface area contributed by atoms with E-state index in [4.69, 9.17) is 9.47 Å². The number of halogens is 1. The molecule has 0 saturated heterocycles. The molecule has 0 bridgehead atoms. The van der Waals surface area contributed by atoms with Crippen LogP contribution in [0, 0.1) is 5.82 Å². The molecule has 32 heavy (non-hydrogen) atoms. The number of nitrogens with one attached hydrogen (secondary N) is 1. The van der Waals surface area contributed by atoms with Crippen LogP contribution in [0.1, 0.15) is 38.7 Å². The lowest BCUT2D eigenvalue weighted by molar-refractivity contribution is -0.137. The summed E-state index contributed by atoms with van der Waals surface area (Å²) in [5.41, 5.74) is 1.50. The molecule has 1 heterocycles. The van der Waals surface area contributed by atoms with Gasteiger partial charge < -0.3 is 14.8 Å². The van der Waals surface area contributed by atoms with E-state index in [1.165, 1.54) is 29.2 Å². The van der Waals surface area contributed by atoms with Gasteiger partial charge in [0.25, 0.3) is 11.8 Å². The average Bonchev–Trinajstić information content (AvgIpc) is 3.01. The number of unbranched alkanes of at least 4 members (excludes halogenated alkanes) is 1. The highest BCUT2D eigenvalue weighted by Crippen LogP contribution is 2.31. The third-order valence-corrected chi connectivity index (χ3v) is 5.03. The minimum atomic E-state index is -0.412. The summed E-state index contributed by atoms with van der Waals surface area (Å²) >= 11 is 0. The molecule has 0 spiro atoms. The Morgan fingerprint density at radius 3 is 2.44 bits per heavy atom. The molecule has 0 aromatic heterocycles. The third kappa shape index (κ3) is 5.73. The quantitative estimate of drug-likeness (QED) is 0.385. The van der Waals surface area contributed by atoms with Crippen LogP contribution in [0.2, 0.25) is 0 Å². The number of carbonyl (C=O) groups excluding carboxylic acids is 2. The van der Waals surface area contributed by atoms with Gasteiger partial charge in [-0.2, -0.15) is 0 Å². The van der Waals surface area contributed by atoms with Gasteiger partial charge >= 0.3 is 0 Å². The second kappa shape index (κ2) is 11.4. The molecule has 0 fully saturated rings. The van der Waals surface area contributed by atoms with Crippen LogP contribution in [0.4, 0.5) is 10.1 Å². The van der Waals surface area contributed by atoms with E-state index in [1.807, 2.05) is 13.0 Å². The number of carbonyl (C=O) groups is 2. The molecule has 2 aromatic carbocycles. The fraction of sp³-hybridized carbons (Fsp3) is 0.360. The SMILES string of the molecule is CCCCOCCCN1C(=O)C(Nc2cccc(OCC)c2)=C(c2ccc(F)cc2)C1=O. The minimum Gasteiger partial charge on any atom is -0.494 e. The molecule has 170 valence electrons. The molecular formula is C25H29FN2O4. The summed E-state index contributed by atoms with van der Waals surface area (Å²) < 4.78 is 24.5. The molecule has 0 saturated carbocycles. The Bertz CT molecular complexity index is 972. The normalized spacial score (nSPS) is 13.8. The van der Waals surface area contributed by atoms with Crippen molar-refractivity contribution >= 4 is 23.1 Å². The Hall–Kier alpha value is -3.19. The fourth-order valence-electron chi connectivity index (χ4n) is 3.43. The first-order chi connectivity index (χ1) is 15.5. The highest BCUT2D eigenvalue weighted by Gasteiger charge is 2.38. The minimum absolute atomic E-state index is 0.169. The van der Waals surface area contributed by atoms with Crippen LogP contribution in [0.3, 0.4) is 0 Å². The van der Waals surface area contributed by atoms with Crippen LogP contribution in [-0.2, 0) is 14.3 Å². The van der Waals surface area contributed by atoms with Gasteiger partial charge in [0, 0.05) is 31.5 Å². The van der Waals surface area contributed by atoms with Gasteiger partial charge in [-0.15, -0.1) is 0 Å². The Labute approximate surface area is 188 Å². The van der Waals surface area contributed by atoms with Crippen molar-refractivity contribution < 1.29 is 23.5 Å². The Morgan fingerprint density at radius 2 is 1.72 bits per heavy atom. The Morgan fingerprint density at radius 1 is 0.969 bits per heavy atom. The van der Waals surface area contributed by atoms with E-state index in [1.54, 1.807) is 18.2 Å². The van der Waals surface area contributed by atoms with Gasteiger partial charge in [-0.3, -0.25) is 14.5 Å². The molecule has 7 heteroatoms. The monoisotopic (exact) mass is 440 g/mol. The molecule has 0 unspecified atom stereocenters. The zero-order valence-electron chi connectivity index (χ0n) is 18.5. The summed E-state index contributed by atoms with van der Waals surface area (Å²) in [5, 5.41) is 3.09. The number of benzene rings is 2. The number of amides is 2. The molecule has 1 N–H and O–H groups in total. The number of hydrogen-bond acceptors (Lipinski definition) is 5. The number of ether oxygens (including phenoxy) is 2. The Kier molecular flexibility index (Phi) is 8.39. The van der Waals surface area contributed by atoms with Crippen molar-refractivity contribution in [3.05, 3.63) is 65.6 Å². The van der Waals surface area contributed by atoms with E-state index in [9.17, 15) is 14.0 Å². The summed E-state index contributed by atoms with van der Waals surface area (Å²) in [4.78, 5) is 27.6. The molecule has 1 aliphatic heterocycles. The summed E-state index contributed by atoms with van der Waals surface area (Å²) in [6.45, 7) is 5.88. The van der Waals surface area contributed by atoms with Gasteiger partial charge in [0.05, 0.1) is 12.2 Å². The van der Waals surface area contributed by atoms with Crippen LogP contribution in [0.5, 0.6) is 5.75 Å². The molecule has 2 aromatic rings. The highest BCUT2D eigenvalue weighted by molar-refractivity contribution is 6.36. The summed E-state index contributed by atoms with van der Waals surface area (Å²) in [6.07, 6.45) is 2.57. The predicted octanol–water partition coefficient (Wildman–Crippen LogP) is 4.62. The van der Waals surface area contributed by atoms with E-state index >= 15 is 0 Å². The van der Waals surface area contributed by atoms with Gasteiger partial charge in [0.1, 0.15) is 17.3 Å². The van der Waals surface area contributed by atoms with Crippen LogP contribution in [0.15, 0.2) is 54.2 Å². The van der Waals surface area contributed by atoms with Crippen molar-refractivity contribution in [1.29, 1.82) is 0 Å². The number of hydrogen-bond donors (Lipinski definition) is 1. The molecule has 1 aliphatic rings. The Balaban J connectivity index is 1.83. The van der Waals surface area contributed by atoms with E-state index in [0.717, 1.165) is 12.8 Å². The highest BCUT2D eigenvalue weighted by atomic mass is 19.1. The first-order valence-electron chi connectivity index (χ1n) is 11.0. The summed E-state index contributed by atoms with van der Waals surface area (Å²) in [6, 6.07) is 12.7. The first kappa shape index (κ1) is 23.5. The standard InChI is InChI=1S/C25H29FN2O4/c1-3-5-15-31-16-7-14-28-24(29)22(18-10-12-19(26)13-11-18)23(25(28)30)27-20-8-6-9-21(17-20)32-4-2/h6,8-13,17,27H,3-5,7,14-16H2,1-2H3. The lowest BCUT2D eigenvalue weighted by atomic mass is 10.0. The number of nitrogens with zero attached hydrogens (tertiary/aromatic N) is 1. The lowest BCUT2D eigenvalue weighted by Gasteiger charge is -2.15. The van der Waals surface area contributed by atoms with Crippen LogP contribution in [0.25, 0.3) is 5.57 Å². The van der Waals surface area contributed by atoms with Gasteiger partial charge in [-0.05, 0) is 49.6 Å². The van der Waals surface area contributed by atoms with E-state index < -0.39 is 17.6 Å². The van der Waals surface area contributed by atoms with Crippen molar-refractivity contribution in [2.75, 3.05) is 31.7 Å². The third-order valence-electron chi connectivity index (χ3n) is 5.03. The van der Waals surface area contributed by atoms with Gasteiger partial charge in [-0.25, -0.2) is 4.39 Å². The van der Waals surface area contributed by atoms with Gasteiger partial charge in [0.15, 0.2) is 0 Å². The smallest absolute Gasteiger partial charge is 0.278 e. The second-order valence-corrected chi connectivity index (χ2v) is 7.42. The van der Waals surface area contributed by atoms with Crippen molar-refractivity contribution in [3.63, 3.8) is 0 Å². The van der Waals surface area contributed by atoms with Gasteiger partial charge in [-0.1, -0.05) is 31.5 Å². The second-order valence-electron chi connectivity index (χ2n) is 7.42. The maximum absolute atomic E-state index is 13.5. The van der Waals surface area contributed by atoms with Crippen LogP contribution in [-0.4, -0.2) is 43.1 Å². The van der Waals surface area contributed by atoms with Crippen molar-refractivity contribution in [1.82, 2.24) is 4.90 Å². The maximum Gasteiger partial charge on any atom is 0.278 e. The average molecular weight is 441 g/mol. The zero-order valence-corrected chi connectivity index (χ0v) is 18.5. The molecule has 0 atom stereocenters. The number of rotatable bonds is 12. The predicted molar refractivity (Wildman–Crippen MR) is 122 cm³/mol. The molecule has 2 amide bonds. The molecule has 0 aliphatic carbocycles. The van der Waals surface area contributed by atoms with E-state index in [2.05, 4.69) is 12.2 Å².